The van der Waals surface area contributed by atoms with E-state index in [1.807, 2.05) is 12.1 Å². The monoisotopic (exact) mass is 301 g/mol. The molecule has 0 amide bonds. The van der Waals surface area contributed by atoms with Crippen LogP contribution in [0, 0.1) is 0 Å². The number of carbonyl (C=O) groups is 1. The highest BCUT2D eigenvalue weighted by atomic mass is 32.2. The lowest BCUT2D eigenvalue weighted by Crippen LogP contribution is -2.11. The van der Waals surface area contributed by atoms with E-state index in [0.717, 1.165) is 24.4 Å². The van der Waals surface area contributed by atoms with Crippen LogP contribution in [0.1, 0.15) is 28.4 Å². The van der Waals surface area contributed by atoms with E-state index in [1.54, 1.807) is 23.9 Å². The number of nitrogens with one attached hydrogen (secondary N) is 1. The molecule has 4 heteroatoms. The molecular formula is C17H19NO2S. The van der Waals surface area contributed by atoms with Crippen molar-refractivity contribution in [2.24, 2.45) is 0 Å². The first-order chi connectivity index (χ1) is 10.2. The molecule has 0 aromatic heterocycles. The SMILES string of the molecule is CCNCc1ccc(SCc2ccc(C(=O)O)cc2)cc1. The first-order valence-corrected chi connectivity index (χ1v) is 7.92. The highest BCUT2D eigenvalue weighted by Crippen LogP contribution is 2.23. The molecule has 0 saturated heterocycles. The Bertz CT molecular complexity index is 579. The van der Waals surface area contributed by atoms with Crippen molar-refractivity contribution in [2.75, 3.05) is 6.54 Å². The molecular weight excluding hydrogens is 282 g/mol. The van der Waals surface area contributed by atoms with Gasteiger partial charge in [0.15, 0.2) is 0 Å². The van der Waals surface area contributed by atoms with Crippen molar-refractivity contribution >= 4 is 17.7 Å². The fraction of sp³-hybridized carbons (Fsp3) is 0.235. The highest BCUT2D eigenvalue weighted by Gasteiger charge is 2.02. The predicted octanol–water partition coefficient (Wildman–Crippen LogP) is 3.79. The zero-order valence-corrected chi connectivity index (χ0v) is 12.8. The van der Waals surface area contributed by atoms with E-state index in [4.69, 9.17) is 5.11 Å². The van der Waals surface area contributed by atoms with Crippen LogP contribution in [0.4, 0.5) is 0 Å². The third-order valence-electron chi connectivity index (χ3n) is 3.11. The minimum absolute atomic E-state index is 0.330. The Labute approximate surface area is 129 Å². The number of benzene rings is 2. The molecule has 0 atom stereocenters. The zero-order valence-electron chi connectivity index (χ0n) is 12.0. The van der Waals surface area contributed by atoms with E-state index in [0.29, 0.717) is 5.56 Å². The van der Waals surface area contributed by atoms with Crippen molar-refractivity contribution < 1.29 is 9.90 Å². The standard InChI is InChI=1S/C17H19NO2S/c1-2-18-11-13-5-9-16(10-6-13)21-12-14-3-7-15(8-4-14)17(19)20/h3-10,18H,2,11-12H2,1H3,(H,19,20). The number of thioether (sulfide) groups is 1. The van der Waals surface area contributed by atoms with E-state index in [1.165, 1.54) is 10.5 Å². The van der Waals surface area contributed by atoms with Crippen molar-refractivity contribution in [1.82, 2.24) is 5.32 Å². The van der Waals surface area contributed by atoms with Gasteiger partial charge in [-0.3, -0.25) is 0 Å². The van der Waals surface area contributed by atoms with Crippen LogP contribution < -0.4 is 5.32 Å². The van der Waals surface area contributed by atoms with Gasteiger partial charge in [-0.05, 0) is 41.9 Å². The van der Waals surface area contributed by atoms with Crippen LogP contribution >= 0.6 is 11.8 Å². The summed E-state index contributed by atoms with van der Waals surface area (Å²) in [6.07, 6.45) is 0. The summed E-state index contributed by atoms with van der Waals surface area (Å²) in [4.78, 5) is 12.0. The summed E-state index contributed by atoms with van der Waals surface area (Å²) in [6, 6.07) is 15.6. The van der Waals surface area contributed by atoms with Gasteiger partial charge >= 0.3 is 5.97 Å². The fourth-order valence-corrected chi connectivity index (χ4v) is 2.74. The molecule has 0 heterocycles. The van der Waals surface area contributed by atoms with E-state index >= 15 is 0 Å². The van der Waals surface area contributed by atoms with E-state index in [-0.39, 0.29) is 0 Å². The van der Waals surface area contributed by atoms with Gasteiger partial charge in [0.2, 0.25) is 0 Å². The van der Waals surface area contributed by atoms with Crippen molar-refractivity contribution in [1.29, 1.82) is 0 Å². The molecule has 2 aromatic carbocycles. The molecule has 3 nitrogen and oxygen atoms in total. The van der Waals surface area contributed by atoms with Gasteiger partial charge in [0.25, 0.3) is 0 Å². The van der Waals surface area contributed by atoms with Gasteiger partial charge < -0.3 is 10.4 Å². The average molecular weight is 301 g/mol. The van der Waals surface area contributed by atoms with Crippen LogP contribution in [-0.4, -0.2) is 17.6 Å². The summed E-state index contributed by atoms with van der Waals surface area (Å²) in [5.74, 6) is -0.0441. The maximum atomic E-state index is 10.8. The van der Waals surface area contributed by atoms with E-state index in [9.17, 15) is 4.79 Å². The number of carboxylic acid groups (broad SMARTS) is 1. The first kappa shape index (κ1) is 15.6. The molecule has 2 rings (SSSR count). The zero-order chi connectivity index (χ0) is 15.1. The second-order valence-corrected chi connectivity index (χ2v) is 5.76. The first-order valence-electron chi connectivity index (χ1n) is 6.93. The van der Waals surface area contributed by atoms with E-state index < -0.39 is 5.97 Å². The number of hydrogen-bond acceptors (Lipinski definition) is 3. The van der Waals surface area contributed by atoms with Crippen LogP contribution in [0.2, 0.25) is 0 Å². The number of carboxylic acids is 1. The van der Waals surface area contributed by atoms with Crippen LogP contribution in [0.25, 0.3) is 0 Å². The second kappa shape index (κ2) is 7.86. The Morgan fingerprint density at radius 1 is 1.05 bits per heavy atom. The molecule has 0 radical (unpaired) electrons. The van der Waals surface area contributed by atoms with E-state index in [2.05, 4.69) is 36.5 Å². The molecule has 0 aliphatic carbocycles. The third-order valence-corrected chi connectivity index (χ3v) is 4.19. The summed E-state index contributed by atoms with van der Waals surface area (Å²) in [6.45, 7) is 3.97. The highest BCUT2D eigenvalue weighted by molar-refractivity contribution is 7.98. The van der Waals surface area contributed by atoms with Crippen LogP contribution in [0.15, 0.2) is 53.4 Å². The Morgan fingerprint density at radius 3 is 2.24 bits per heavy atom. The third kappa shape index (κ3) is 4.92. The van der Waals surface area contributed by atoms with Gasteiger partial charge in [-0.25, -0.2) is 4.79 Å². The lowest BCUT2D eigenvalue weighted by Gasteiger charge is -2.05. The fourth-order valence-electron chi connectivity index (χ4n) is 1.88. The molecule has 0 aliphatic heterocycles. The molecule has 0 unspecified atom stereocenters. The van der Waals surface area contributed by atoms with Crippen molar-refractivity contribution in [3.63, 3.8) is 0 Å². The van der Waals surface area contributed by atoms with Crippen molar-refractivity contribution in [3.8, 4) is 0 Å². The average Bonchev–Trinajstić information content (AvgIpc) is 2.52. The largest absolute Gasteiger partial charge is 0.478 e. The summed E-state index contributed by atoms with van der Waals surface area (Å²) >= 11 is 1.75. The van der Waals surface area contributed by atoms with Gasteiger partial charge in [0.1, 0.15) is 0 Å². The maximum Gasteiger partial charge on any atom is 0.335 e. The summed E-state index contributed by atoms with van der Waals surface area (Å²) < 4.78 is 0. The molecule has 0 aliphatic rings. The smallest absolute Gasteiger partial charge is 0.335 e. The van der Waals surface area contributed by atoms with Gasteiger partial charge in [0.05, 0.1) is 5.56 Å². The predicted molar refractivity (Wildman–Crippen MR) is 86.8 cm³/mol. The molecule has 0 bridgehead atoms. The molecule has 2 N–H and O–H groups in total. The Hall–Kier alpha value is -1.78. The quantitative estimate of drug-likeness (QED) is 0.764. The lowest BCUT2D eigenvalue weighted by atomic mass is 10.1. The Kier molecular flexibility index (Phi) is 5.84. The van der Waals surface area contributed by atoms with Crippen LogP contribution in [0.3, 0.4) is 0 Å². The molecule has 2 aromatic rings. The number of hydrogen-bond donors (Lipinski definition) is 2. The minimum Gasteiger partial charge on any atom is -0.478 e. The molecule has 0 saturated carbocycles. The van der Waals surface area contributed by atoms with Crippen LogP contribution in [-0.2, 0) is 12.3 Å². The summed E-state index contributed by atoms with van der Waals surface area (Å²) in [5, 5.41) is 12.2. The van der Waals surface area contributed by atoms with Gasteiger partial charge in [-0.2, -0.15) is 0 Å². The van der Waals surface area contributed by atoms with Crippen LogP contribution in [0.5, 0.6) is 0 Å². The van der Waals surface area contributed by atoms with Gasteiger partial charge in [0, 0.05) is 17.2 Å². The Morgan fingerprint density at radius 2 is 1.67 bits per heavy atom. The molecule has 0 spiro atoms. The van der Waals surface area contributed by atoms with Gasteiger partial charge in [-0.15, -0.1) is 11.8 Å². The number of rotatable bonds is 7. The lowest BCUT2D eigenvalue weighted by molar-refractivity contribution is 0.0697. The molecule has 21 heavy (non-hydrogen) atoms. The summed E-state index contributed by atoms with van der Waals surface area (Å²) in [7, 11) is 0. The maximum absolute atomic E-state index is 10.8. The van der Waals surface area contributed by atoms with Crippen molar-refractivity contribution in [2.45, 2.75) is 24.1 Å². The summed E-state index contributed by atoms with van der Waals surface area (Å²) in [5.41, 5.74) is 2.74. The minimum atomic E-state index is -0.884. The molecule has 0 fully saturated rings. The normalized spacial score (nSPS) is 10.5. The molecule has 110 valence electrons. The second-order valence-electron chi connectivity index (χ2n) is 4.72. The number of aromatic carboxylic acids is 1. The Balaban J connectivity index is 1.88. The van der Waals surface area contributed by atoms with Gasteiger partial charge in [-0.1, -0.05) is 31.2 Å². The topological polar surface area (TPSA) is 49.3 Å². The van der Waals surface area contributed by atoms with Crippen molar-refractivity contribution in [3.05, 3.63) is 65.2 Å².